The molecule has 1 heterocycles. The number of ether oxygens (including phenoxy) is 2. The number of nitrogens with one attached hydrogen (secondary N) is 1. The molecule has 3 aromatic rings. The zero-order valence-electron chi connectivity index (χ0n) is 15.4. The van der Waals surface area contributed by atoms with E-state index in [0.29, 0.717) is 5.75 Å². The first-order valence-corrected chi connectivity index (χ1v) is 8.37. The molecule has 0 spiro atoms. The first-order valence-electron chi connectivity index (χ1n) is 8.37. The topological polar surface area (TPSA) is 71.6 Å². The molecule has 0 aliphatic carbocycles. The van der Waals surface area contributed by atoms with E-state index in [2.05, 4.69) is 9.72 Å². The lowest BCUT2D eigenvalue weighted by Gasteiger charge is -2.17. The summed E-state index contributed by atoms with van der Waals surface area (Å²) in [7, 11) is 2.99. The van der Waals surface area contributed by atoms with Crippen molar-refractivity contribution < 1.29 is 19.1 Å². The summed E-state index contributed by atoms with van der Waals surface area (Å²) in [6.45, 7) is 1.99. The summed E-state index contributed by atoms with van der Waals surface area (Å²) in [5.41, 5.74) is 3.50. The third-order valence-electron chi connectivity index (χ3n) is 4.19. The normalized spacial score (nSPS) is 10.9. The van der Waals surface area contributed by atoms with Gasteiger partial charge in [0.1, 0.15) is 5.75 Å². The molecule has 0 aliphatic rings. The van der Waals surface area contributed by atoms with Crippen molar-refractivity contribution in [2.75, 3.05) is 19.1 Å². The van der Waals surface area contributed by atoms with Crippen molar-refractivity contribution in [3.63, 3.8) is 0 Å². The molecule has 0 radical (unpaired) electrons. The first-order chi connectivity index (χ1) is 13.0. The first kappa shape index (κ1) is 18.3. The van der Waals surface area contributed by atoms with Crippen LogP contribution in [-0.4, -0.2) is 31.2 Å². The molecule has 1 amide bonds. The van der Waals surface area contributed by atoms with Gasteiger partial charge in [0.25, 0.3) is 0 Å². The maximum Gasteiger partial charge on any atom is 0.419 e. The van der Waals surface area contributed by atoms with Gasteiger partial charge in [-0.25, -0.2) is 9.59 Å². The molecular formula is C21H20N2O4. The average Bonchev–Trinajstić information content (AvgIpc) is 3.08. The molecule has 0 saturated heterocycles. The Hall–Kier alpha value is -3.54. The Kier molecular flexibility index (Phi) is 5.26. The minimum Gasteiger partial charge on any atom is -0.466 e. The van der Waals surface area contributed by atoms with E-state index in [4.69, 9.17) is 4.74 Å². The van der Waals surface area contributed by atoms with Crippen LogP contribution in [0.4, 0.5) is 10.5 Å². The van der Waals surface area contributed by atoms with Crippen molar-refractivity contribution in [3.05, 3.63) is 65.9 Å². The van der Waals surface area contributed by atoms with Crippen LogP contribution in [-0.2, 0) is 9.53 Å². The number of fused-ring (bicyclic) bond motifs is 1. The second-order valence-corrected chi connectivity index (χ2v) is 6.07. The van der Waals surface area contributed by atoms with Crippen LogP contribution in [0.1, 0.15) is 11.1 Å². The van der Waals surface area contributed by atoms with Crippen molar-refractivity contribution in [2.24, 2.45) is 0 Å². The van der Waals surface area contributed by atoms with Crippen LogP contribution < -0.4 is 9.64 Å². The van der Waals surface area contributed by atoms with Gasteiger partial charge in [0.05, 0.1) is 7.11 Å². The molecule has 2 aromatic carbocycles. The Morgan fingerprint density at radius 2 is 1.85 bits per heavy atom. The molecule has 138 valence electrons. The molecule has 27 heavy (non-hydrogen) atoms. The highest BCUT2D eigenvalue weighted by molar-refractivity contribution is 5.95. The third-order valence-corrected chi connectivity index (χ3v) is 4.19. The monoisotopic (exact) mass is 364 g/mol. The molecule has 3 rings (SSSR count). The SMILES string of the molecule is COC(=O)/C=C/c1c[nH]c2cc(OC(=O)N(C)c3ccc(C)cc3)ccc12. The van der Waals surface area contributed by atoms with Gasteiger partial charge in [0.2, 0.25) is 0 Å². The molecule has 1 N–H and O–H groups in total. The molecule has 6 nitrogen and oxygen atoms in total. The van der Waals surface area contributed by atoms with Crippen molar-refractivity contribution in [3.8, 4) is 5.75 Å². The van der Waals surface area contributed by atoms with E-state index in [1.807, 2.05) is 37.3 Å². The summed E-state index contributed by atoms with van der Waals surface area (Å²) in [4.78, 5) is 28.2. The van der Waals surface area contributed by atoms with Crippen LogP contribution in [0.25, 0.3) is 17.0 Å². The zero-order valence-corrected chi connectivity index (χ0v) is 15.4. The quantitative estimate of drug-likeness (QED) is 0.553. The summed E-state index contributed by atoms with van der Waals surface area (Å²) in [6.07, 6.45) is 4.32. The fraction of sp³-hybridized carbons (Fsp3) is 0.143. The number of carbonyl (C=O) groups excluding carboxylic acids is 2. The van der Waals surface area contributed by atoms with Gasteiger partial charge in [-0.2, -0.15) is 0 Å². The lowest BCUT2D eigenvalue weighted by atomic mass is 10.1. The van der Waals surface area contributed by atoms with Crippen LogP contribution >= 0.6 is 0 Å². The number of benzene rings is 2. The van der Waals surface area contributed by atoms with Crippen LogP contribution in [0.5, 0.6) is 5.75 Å². The number of carbonyl (C=O) groups is 2. The predicted molar refractivity (Wildman–Crippen MR) is 105 cm³/mol. The zero-order chi connectivity index (χ0) is 19.4. The number of methoxy groups -OCH3 is 1. The van der Waals surface area contributed by atoms with Crippen LogP contribution in [0, 0.1) is 6.92 Å². The van der Waals surface area contributed by atoms with E-state index < -0.39 is 12.1 Å². The number of nitrogens with zero attached hydrogens (tertiary/aromatic N) is 1. The highest BCUT2D eigenvalue weighted by atomic mass is 16.6. The average molecular weight is 364 g/mol. The maximum absolute atomic E-state index is 12.4. The number of hydrogen-bond acceptors (Lipinski definition) is 4. The van der Waals surface area contributed by atoms with Gasteiger partial charge < -0.3 is 14.5 Å². The number of aryl methyl sites for hydroxylation is 1. The Labute approximate surface area is 157 Å². The number of esters is 1. The van der Waals surface area contributed by atoms with Gasteiger partial charge in [0.15, 0.2) is 0 Å². The Morgan fingerprint density at radius 1 is 1.11 bits per heavy atom. The number of hydrogen-bond donors (Lipinski definition) is 1. The Bertz CT molecular complexity index is 1000. The van der Waals surface area contributed by atoms with E-state index in [-0.39, 0.29) is 0 Å². The Balaban J connectivity index is 1.75. The standard InChI is InChI=1S/C21H20N2O4/c1-14-4-7-16(8-5-14)23(2)21(25)27-17-9-10-18-15(6-11-20(24)26-3)13-22-19(18)12-17/h4-13,22H,1-3H3/b11-6+. The molecule has 0 atom stereocenters. The third kappa shape index (κ3) is 4.17. The van der Waals surface area contributed by atoms with E-state index in [0.717, 1.165) is 27.7 Å². The van der Waals surface area contributed by atoms with Crippen molar-refractivity contribution in [2.45, 2.75) is 6.92 Å². The second-order valence-electron chi connectivity index (χ2n) is 6.07. The second kappa shape index (κ2) is 7.78. The predicted octanol–water partition coefficient (Wildman–Crippen LogP) is 4.30. The van der Waals surface area contributed by atoms with Crippen LogP contribution in [0.2, 0.25) is 0 Å². The number of anilines is 1. The van der Waals surface area contributed by atoms with Crippen LogP contribution in [0.3, 0.4) is 0 Å². The lowest BCUT2D eigenvalue weighted by molar-refractivity contribution is -0.134. The van der Waals surface area contributed by atoms with Gasteiger partial charge in [0, 0.05) is 47.5 Å². The van der Waals surface area contributed by atoms with Crippen molar-refractivity contribution in [1.82, 2.24) is 4.98 Å². The van der Waals surface area contributed by atoms with Gasteiger partial charge in [-0.05, 0) is 37.3 Å². The molecule has 0 unspecified atom stereocenters. The minimum absolute atomic E-state index is 0.422. The summed E-state index contributed by atoms with van der Waals surface area (Å²) >= 11 is 0. The van der Waals surface area contributed by atoms with E-state index in [9.17, 15) is 9.59 Å². The van der Waals surface area contributed by atoms with E-state index in [1.54, 1.807) is 31.5 Å². The molecule has 0 bridgehead atoms. The minimum atomic E-state index is -0.476. The Morgan fingerprint density at radius 3 is 2.56 bits per heavy atom. The molecule has 0 aliphatic heterocycles. The smallest absolute Gasteiger partial charge is 0.419 e. The summed E-state index contributed by atoms with van der Waals surface area (Å²) in [5, 5.41) is 0.904. The van der Waals surface area contributed by atoms with Crippen LogP contribution in [0.15, 0.2) is 54.7 Å². The van der Waals surface area contributed by atoms with Crippen molar-refractivity contribution >= 4 is 34.7 Å². The van der Waals surface area contributed by atoms with E-state index in [1.165, 1.54) is 18.1 Å². The lowest BCUT2D eigenvalue weighted by Crippen LogP contribution is -2.29. The van der Waals surface area contributed by atoms with Gasteiger partial charge in [-0.3, -0.25) is 4.90 Å². The number of rotatable bonds is 4. The number of aromatic nitrogens is 1. The van der Waals surface area contributed by atoms with Gasteiger partial charge >= 0.3 is 12.1 Å². The number of amides is 1. The maximum atomic E-state index is 12.4. The number of aromatic amines is 1. The fourth-order valence-corrected chi connectivity index (χ4v) is 2.60. The molecule has 0 fully saturated rings. The summed E-state index contributed by atoms with van der Waals surface area (Å²) in [5.74, 6) is 0.00542. The summed E-state index contributed by atoms with van der Waals surface area (Å²) < 4.78 is 10.1. The molecule has 0 saturated carbocycles. The largest absolute Gasteiger partial charge is 0.466 e. The fourth-order valence-electron chi connectivity index (χ4n) is 2.60. The van der Waals surface area contributed by atoms with E-state index >= 15 is 0 Å². The highest BCUT2D eigenvalue weighted by Gasteiger charge is 2.14. The highest BCUT2D eigenvalue weighted by Crippen LogP contribution is 2.25. The van der Waals surface area contributed by atoms with Gasteiger partial charge in [-0.1, -0.05) is 17.7 Å². The summed E-state index contributed by atoms with van der Waals surface area (Å²) in [6, 6.07) is 12.9. The molecular weight excluding hydrogens is 344 g/mol. The molecule has 6 heteroatoms. The van der Waals surface area contributed by atoms with Gasteiger partial charge in [-0.15, -0.1) is 0 Å². The van der Waals surface area contributed by atoms with Crippen molar-refractivity contribution in [1.29, 1.82) is 0 Å². The number of H-pyrrole nitrogens is 1. The molecule has 1 aromatic heterocycles.